The summed E-state index contributed by atoms with van der Waals surface area (Å²) in [6.07, 6.45) is 7.70. The summed E-state index contributed by atoms with van der Waals surface area (Å²) in [4.78, 5) is 31.7. The second kappa shape index (κ2) is 7.73. The molecule has 2 amide bonds. The average molecular weight is 384 g/mol. The van der Waals surface area contributed by atoms with Crippen LogP contribution in [0.5, 0.6) is 0 Å². The van der Waals surface area contributed by atoms with Crippen molar-refractivity contribution in [2.75, 3.05) is 0 Å². The lowest BCUT2D eigenvalue weighted by Gasteiger charge is -2.32. The Kier molecular flexibility index (Phi) is 5.15. The smallest absolute Gasteiger partial charge is 0.290 e. The summed E-state index contributed by atoms with van der Waals surface area (Å²) in [5.74, 6) is 0.0248. The highest BCUT2D eigenvalue weighted by Crippen LogP contribution is 2.33. The number of hydrogen-bond donors (Lipinski definition) is 1. The van der Waals surface area contributed by atoms with E-state index in [0.717, 1.165) is 24.8 Å². The standard InChI is InChI=1S/C21H25FN4O2/c1-25-10-9-23-20(25)21(28)26-16(12-14-5-4-6-15(22)11-14)13-17-18(26)7-2-3-8-19(27)24-17/h4-6,9-11,16-18H,2-3,7-8,12-13H2,1H3,(H,24,27)/t16-,17+,18-/m1/s1. The van der Waals surface area contributed by atoms with E-state index in [1.54, 1.807) is 30.1 Å². The molecule has 1 aromatic carbocycles. The molecular weight excluding hydrogens is 359 g/mol. The fourth-order valence-electron chi connectivity index (χ4n) is 4.56. The highest BCUT2D eigenvalue weighted by molar-refractivity contribution is 5.91. The maximum absolute atomic E-state index is 13.7. The number of imidazole rings is 1. The minimum atomic E-state index is -0.281. The molecule has 148 valence electrons. The molecule has 0 saturated carbocycles. The zero-order valence-corrected chi connectivity index (χ0v) is 16.0. The lowest BCUT2D eigenvalue weighted by Crippen LogP contribution is -2.49. The summed E-state index contributed by atoms with van der Waals surface area (Å²) >= 11 is 0. The first-order valence-corrected chi connectivity index (χ1v) is 9.86. The van der Waals surface area contributed by atoms with Gasteiger partial charge < -0.3 is 14.8 Å². The van der Waals surface area contributed by atoms with Crippen molar-refractivity contribution in [3.8, 4) is 0 Å². The first-order valence-electron chi connectivity index (χ1n) is 9.86. The predicted molar refractivity (Wildman–Crippen MR) is 102 cm³/mol. The summed E-state index contributed by atoms with van der Waals surface area (Å²) in [6, 6.07) is 6.26. The van der Waals surface area contributed by atoms with Crippen LogP contribution < -0.4 is 5.32 Å². The molecule has 6 nitrogen and oxygen atoms in total. The monoisotopic (exact) mass is 384 g/mol. The van der Waals surface area contributed by atoms with Gasteiger partial charge in [-0.05, 0) is 43.4 Å². The molecule has 4 rings (SSSR count). The van der Waals surface area contributed by atoms with Crippen LogP contribution in [0.25, 0.3) is 0 Å². The van der Waals surface area contributed by atoms with E-state index in [9.17, 15) is 14.0 Å². The van der Waals surface area contributed by atoms with Crippen molar-refractivity contribution in [2.45, 2.75) is 56.7 Å². The minimum Gasteiger partial charge on any atom is -0.351 e. The normalized spacial score (nSPS) is 25.0. The van der Waals surface area contributed by atoms with Gasteiger partial charge in [0.1, 0.15) is 5.82 Å². The molecule has 3 heterocycles. The number of hydrogen-bond acceptors (Lipinski definition) is 3. The fraction of sp³-hybridized carbons (Fsp3) is 0.476. The van der Waals surface area contributed by atoms with Crippen LogP contribution in [0.4, 0.5) is 4.39 Å². The first-order chi connectivity index (χ1) is 13.5. The summed E-state index contributed by atoms with van der Waals surface area (Å²) in [7, 11) is 1.80. The molecule has 2 fully saturated rings. The van der Waals surface area contributed by atoms with Crippen LogP contribution in [0.15, 0.2) is 36.7 Å². The van der Waals surface area contributed by atoms with E-state index in [4.69, 9.17) is 0 Å². The van der Waals surface area contributed by atoms with E-state index in [2.05, 4.69) is 10.3 Å². The zero-order chi connectivity index (χ0) is 19.7. The lowest BCUT2D eigenvalue weighted by atomic mass is 9.97. The number of aromatic nitrogens is 2. The predicted octanol–water partition coefficient (Wildman–Crippen LogP) is 2.44. The van der Waals surface area contributed by atoms with Crippen molar-refractivity contribution in [3.63, 3.8) is 0 Å². The van der Waals surface area contributed by atoms with Crippen molar-refractivity contribution in [1.29, 1.82) is 0 Å². The Morgan fingerprint density at radius 1 is 1.36 bits per heavy atom. The summed E-state index contributed by atoms with van der Waals surface area (Å²) in [6.45, 7) is 0. The Hall–Kier alpha value is -2.70. The molecule has 2 aliphatic heterocycles. The topological polar surface area (TPSA) is 67.2 Å². The van der Waals surface area contributed by atoms with E-state index in [-0.39, 0.29) is 35.8 Å². The van der Waals surface area contributed by atoms with Gasteiger partial charge in [0.05, 0.1) is 12.1 Å². The molecule has 1 N–H and O–H groups in total. The molecule has 0 spiro atoms. The number of likely N-dealkylation sites (tertiary alicyclic amines) is 1. The van der Waals surface area contributed by atoms with Crippen molar-refractivity contribution in [3.05, 3.63) is 53.9 Å². The first kappa shape index (κ1) is 18.7. The number of rotatable bonds is 3. The van der Waals surface area contributed by atoms with Crippen LogP contribution in [-0.2, 0) is 18.3 Å². The molecule has 0 unspecified atom stereocenters. The van der Waals surface area contributed by atoms with E-state index in [1.807, 2.05) is 11.0 Å². The van der Waals surface area contributed by atoms with Crippen LogP contribution in [0, 0.1) is 5.82 Å². The van der Waals surface area contributed by atoms with E-state index < -0.39 is 0 Å². The van der Waals surface area contributed by atoms with Gasteiger partial charge in [0.15, 0.2) is 5.82 Å². The number of halogens is 1. The van der Waals surface area contributed by atoms with Gasteiger partial charge in [-0.2, -0.15) is 0 Å². The number of fused-ring (bicyclic) bond motifs is 1. The van der Waals surface area contributed by atoms with Crippen molar-refractivity contribution >= 4 is 11.8 Å². The molecule has 2 aromatic rings. The lowest BCUT2D eigenvalue weighted by molar-refractivity contribution is -0.122. The van der Waals surface area contributed by atoms with Crippen LogP contribution in [-0.4, -0.2) is 44.4 Å². The van der Waals surface area contributed by atoms with Gasteiger partial charge in [0, 0.05) is 31.9 Å². The molecule has 0 aliphatic carbocycles. The average Bonchev–Trinajstić information content (AvgIpc) is 3.20. The molecule has 3 atom stereocenters. The third-order valence-corrected chi connectivity index (χ3v) is 5.85. The van der Waals surface area contributed by atoms with E-state index in [1.165, 1.54) is 12.1 Å². The van der Waals surface area contributed by atoms with Crippen molar-refractivity contribution in [2.24, 2.45) is 7.05 Å². The van der Waals surface area contributed by atoms with E-state index in [0.29, 0.717) is 25.1 Å². The highest BCUT2D eigenvalue weighted by atomic mass is 19.1. The molecule has 0 bridgehead atoms. The summed E-state index contributed by atoms with van der Waals surface area (Å²) < 4.78 is 15.4. The number of nitrogens with zero attached hydrogens (tertiary/aromatic N) is 3. The molecule has 28 heavy (non-hydrogen) atoms. The SMILES string of the molecule is Cn1ccnc1C(=O)N1[C@H](Cc2cccc(F)c2)C[C@@H]2NC(=O)CCCC[C@H]21. The Morgan fingerprint density at radius 2 is 2.21 bits per heavy atom. The number of benzene rings is 1. The van der Waals surface area contributed by atoms with Gasteiger partial charge in [-0.25, -0.2) is 9.37 Å². The Morgan fingerprint density at radius 3 is 2.96 bits per heavy atom. The third-order valence-electron chi connectivity index (χ3n) is 5.85. The van der Waals surface area contributed by atoms with Crippen molar-refractivity contribution in [1.82, 2.24) is 19.8 Å². The highest BCUT2D eigenvalue weighted by Gasteiger charge is 2.45. The van der Waals surface area contributed by atoms with Gasteiger partial charge >= 0.3 is 0 Å². The van der Waals surface area contributed by atoms with Gasteiger partial charge in [-0.15, -0.1) is 0 Å². The minimum absolute atomic E-state index is 0.0468. The molecule has 2 aliphatic rings. The second-order valence-corrected chi connectivity index (χ2v) is 7.78. The van der Waals surface area contributed by atoms with Gasteiger partial charge in [-0.3, -0.25) is 9.59 Å². The summed E-state index contributed by atoms with van der Waals surface area (Å²) in [5.41, 5.74) is 0.850. The molecule has 7 heteroatoms. The van der Waals surface area contributed by atoms with Crippen LogP contribution in [0.2, 0.25) is 0 Å². The zero-order valence-electron chi connectivity index (χ0n) is 16.0. The fourth-order valence-corrected chi connectivity index (χ4v) is 4.56. The Balaban J connectivity index is 1.66. The molecule has 2 saturated heterocycles. The Labute approximate surface area is 163 Å². The maximum atomic E-state index is 13.7. The summed E-state index contributed by atoms with van der Waals surface area (Å²) in [5, 5.41) is 3.12. The van der Waals surface area contributed by atoms with Gasteiger partial charge in [0.25, 0.3) is 5.91 Å². The number of aryl methyl sites for hydroxylation is 1. The quantitative estimate of drug-likeness (QED) is 0.884. The molecule has 0 radical (unpaired) electrons. The Bertz CT molecular complexity index is 881. The number of nitrogens with one attached hydrogen (secondary N) is 1. The van der Waals surface area contributed by atoms with Crippen LogP contribution in [0.3, 0.4) is 0 Å². The number of carbonyl (C=O) groups excluding carboxylic acids is 2. The van der Waals surface area contributed by atoms with Crippen molar-refractivity contribution < 1.29 is 14.0 Å². The van der Waals surface area contributed by atoms with Gasteiger partial charge in [-0.1, -0.05) is 18.6 Å². The number of amides is 2. The maximum Gasteiger partial charge on any atom is 0.290 e. The largest absolute Gasteiger partial charge is 0.351 e. The molecular formula is C21H25FN4O2. The number of carbonyl (C=O) groups is 2. The second-order valence-electron chi connectivity index (χ2n) is 7.78. The molecule has 1 aromatic heterocycles. The van der Waals surface area contributed by atoms with Crippen LogP contribution in [0.1, 0.15) is 48.3 Å². The van der Waals surface area contributed by atoms with Gasteiger partial charge in [0.2, 0.25) is 5.91 Å². The third kappa shape index (κ3) is 3.66. The van der Waals surface area contributed by atoms with E-state index >= 15 is 0 Å². The van der Waals surface area contributed by atoms with Crippen LogP contribution >= 0.6 is 0 Å².